The summed E-state index contributed by atoms with van der Waals surface area (Å²) in [7, 11) is 3.12. The van der Waals surface area contributed by atoms with E-state index in [1.165, 1.54) is 12.2 Å². The van der Waals surface area contributed by atoms with Crippen LogP contribution in [0.1, 0.15) is 11.3 Å². The van der Waals surface area contributed by atoms with Crippen LogP contribution < -0.4 is 9.57 Å². The molecule has 3 heterocycles. The highest BCUT2D eigenvalue weighted by Gasteiger charge is 2.28. The number of hydrogen-bond acceptors (Lipinski definition) is 7. The number of hydroxylamine groups is 2. The zero-order chi connectivity index (χ0) is 18.8. The molecular formula is C18H18N4O4S. The smallest absolute Gasteiger partial charge is 0.281 e. The minimum atomic E-state index is -0.224. The number of aromatic amines is 1. The van der Waals surface area contributed by atoms with E-state index in [0.29, 0.717) is 18.0 Å². The van der Waals surface area contributed by atoms with E-state index in [0.717, 1.165) is 33.2 Å². The lowest BCUT2D eigenvalue weighted by Gasteiger charge is -2.13. The molecule has 1 N–H and O–H groups in total. The van der Waals surface area contributed by atoms with Crippen molar-refractivity contribution < 1.29 is 19.1 Å². The van der Waals surface area contributed by atoms with Crippen LogP contribution in [-0.2, 0) is 21.8 Å². The number of amides is 1. The summed E-state index contributed by atoms with van der Waals surface area (Å²) in [6.07, 6.45) is 1.68. The molecule has 0 saturated carbocycles. The molecule has 0 atom stereocenters. The maximum absolute atomic E-state index is 12.0. The fourth-order valence-corrected chi connectivity index (χ4v) is 3.69. The van der Waals surface area contributed by atoms with Gasteiger partial charge in [-0.05, 0) is 12.1 Å². The van der Waals surface area contributed by atoms with Gasteiger partial charge in [0.05, 0.1) is 30.4 Å². The number of nitrogens with zero attached hydrogens (tertiary/aromatic N) is 3. The van der Waals surface area contributed by atoms with E-state index in [2.05, 4.69) is 15.0 Å². The van der Waals surface area contributed by atoms with Crippen molar-refractivity contribution in [2.24, 2.45) is 0 Å². The molecule has 2 aromatic heterocycles. The van der Waals surface area contributed by atoms with Crippen LogP contribution in [0.4, 0.5) is 0 Å². The first kappa shape index (κ1) is 17.6. The van der Waals surface area contributed by atoms with Crippen molar-refractivity contribution in [1.29, 1.82) is 0 Å². The normalized spacial score (nSPS) is 12.9. The number of imidazole rings is 1. The van der Waals surface area contributed by atoms with E-state index in [4.69, 9.17) is 14.3 Å². The highest BCUT2D eigenvalue weighted by atomic mass is 32.2. The lowest BCUT2D eigenvalue weighted by molar-refractivity contribution is -0.159. The first-order valence-corrected chi connectivity index (χ1v) is 9.27. The van der Waals surface area contributed by atoms with E-state index in [-0.39, 0.29) is 12.5 Å². The predicted octanol–water partition coefficient (Wildman–Crippen LogP) is 2.54. The van der Waals surface area contributed by atoms with Gasteiger partial charge in [0.25, 0.3) is 5.91 Å². The summed E-state index contributed by atoms with van der Waals surface area (Å²) in [4.78, 5) is 29.9. The van der Waals surface area contributed by atoms with Crippen molar-refractivity contribution in [3.63, 3.8) is 0 Å². The Labute approximate surface area is 159 Å². The van der Waals surface area contributed by atoms with Crippen LogP contribution in [-0.4, -0.2) is 46.7 Å². The number of hydrogen-bond donors (Lipinski definition) is 1. The summed E-state index contributed by atoms with van der Waals surface area (Å²) >= 11 is 1.54. The molecule has 4 rings (SSSR count). The number of thioether (sulfide) groups is 1. The second-order valence-corrected chi connectivity index (χ2v) is 6.87. The number of benzene rings is 1. The van der Waals surface area contributed by atoms with E-state index in [1.807, 2.05) is 18.2 Å². The van der Waals surface area contributed by atoms with Crippen LogP contribution in [0.2, 0.25) is 0 Å². The molecule has 1 aromatic carbocycles. The first-order chi connectivity index (χ1) is 13.2. The Morgan fingerprint density at radius 2 is 2.26 bits per heavy atom. The molecule has 0 fully saturated rings. The van der Waals surface area contributed by atoms with Crippen molar-refractivity contribution in [2.45, 2.75) is 17.5 Å². The summed E-state index contributed by atoms with van der Waals surface area (Å²) in [5, 5.41) is 2.10. The summed E-state index contributed by atoms with van der Waals surface area (Å²) < 4.78 is 10.1. The number of nitrogens with one attached hydrogen (secondary N) is 1. The molecular weight excluding hydrogens is 368 g/mol. The van der Waals surface area contributed by atoms with Crippen LogP contribution >= 0.6 is 11.8 Å². The molecule has 140 valence electrons. The average Bonchev–Trinajstić information content (AvgIpc) is 3.29. The Kier molecular flexibility index (Phi) is 4.87. The van der Waals surface area contributed by atoms with E-state index in [1.54, 1.807) is 31.1 Å². The molecule has 1 aliphatic heterocycles. The van der Waals surface area contributed by atoms with Gasteiger partial charge in [0.15, 0.2) is 10.9 Å². The fraction of sp³-hybridized carbons (Fsp3) is 0.278. The number of carbonyl (C=O) groups is 1. The number of ether oxygens (including phenoxy) is 2. The zero-order valence-corrected chi connectivity index (χ0v) is 15.7. The number of methoxy groups -OCH3 is 2. The first-order valence-electron chi connectivity index (χ1n) is 8.28. The lowest BCUT2D eigenvalue weighted by Crippen LogP contribution is -2.32. The average molecular weight is 386 g/mol. The highest BCUT2D eigenvalue weighted by molar-refractivity contribution is 7.98. The third-order valence-corrected chi connectivity index (χ3v) is 5.06. The molecule has 0 aliphatic carbocycles. The number of carbonyl (C=O) groups excluding carboxylic acids is 1. The van der Waals surface area contributed by atoms with Crippen LogP contribution in [0.25, 0.3) is 11.0 Å². The van der Waals surface area contributed by atoms with Gasteiger partial charge < -0.3 is 19.3 Å². The molecule has 0 saturated heterocycles. The summed E-state index contributed by atoms with van der Waals surface area (Å²) in [6, 6.07) is 7.47. The van der Waals surface area contributed by atoms with E-state index < -0.39 is 0 Å². The summed E-state index contributed by atoms with van der Waals surface area (Å²) in [5.41, 5.74) is 3.57. The predicted molar refractivity (Wildman–Crippen MR) is 99.5 cm³/mol. The molecule has 0 radical (unpaired) electrons. The summed E-state index contributed by atoms with van der Waals surface area (Å²) in [5.74, 6) is 1.82. The number of fused-ring (bicyclic) bond motifs is 2. The van der Waals surface area contributed by atoms with E-state index in [9.17, 15) is 4.79 Å². The maximum Gasteiger partial charge on any atom is 0.281 e. The van der Waals surface area contributed by atoms with E-state index >= 15 is 0 Å². The van der Waals surface area contributed by atoms with Crippen LogP contribution in [0, 0.1) is 0 Å². The van der Waals surface area contributed by atoms with Gasteiger partial charge in [-0.3, -0.25) is 9.78 Å². The Hall–Kier alpha value is -2.78. The van der Waals surface area contributed by atoms with Crippen molar-refractivity contribution in [2.75, 3.05) is 20.8 Å². The van der Waals surface area contributed by atoms with Crippen molar-refractivity contribution in [3.8, 4) is 11.5 Å². The van der Waals surface area contributed by atoms with Crippen molar-refractivity contribution in [3.05, 3.63) is 41.7 Å². The Morgan fingerprint density at radius 3 is 3.07 bits per heavy atom. The van der Waals surface area contributed by atoms with Gasteiger partial charge >= 0.3 is 0 Å². The molecule has 27 heavy (non-hydrogen) atoms. The van der Waals surface area contributed by atoms with Gasteiger partial charge in [0.2, 0.25) is 0 Å². The third-order valence-electron chi connectivity index (χ3n) is 4.17. The molecule has 1 aliphatic rings. The molecule has 0 unspecified atom stereocenters. The van der Waals surface area contributed by atoms with Crippen LogP contribution in [0.5, 0.6) is 11.5 Å². The number of pyridine rings is 1. The molecule has 8 nitrogen and oxygen atoms in total. The largest absolute Gasteiger partial charge is 0.497 e. The standard InChI is InChI=1S/C18H18N4O4S/c1-24-9-17(23)22-8-12-15(19-6-5-16(12)26-22)10-27-18-20-13-4-3-11(25-2)7-14(13)21-18/h3-7H,8-10H2,1-2H3,(H,20,21). The Balaban J connectivity index is 1.49. The van der Waals surface area contributed by atoms with Gasteiger partial charge in [-0.1, -0.05) is 11.8 Å². The molecule has 1 amide bonds. The Morgan fingerprint density at radius 1 is 1.37 bits per heavy atom. The second kappa shape index (κ2) is 7.45. The van der Waals surface area contributed by atoms with Gasteiger partial charge in [-0.25, -0.2) is 4.98 Å². The quantitative estimate of drug-likeness (QED) is 0.651. The number of H-pyrrole nitrogens is 1. The highest BCUT2D eigenvalue weighted by Crippen LogP contribution is 2.33. The van der Waals surface area contributed by atoms with Gasteiger partial charge in [-0.15, -0.1) is 0 Å². The summed E-state index contributed by atoms with van der Waals surface area (Å²) in [6.45, 7) is 0.340. The molecule has 9 heteroatoms. The Bertz CT molecular complexity index is 991. The SMILES string of the molecule is COCC(=O)N1Cc2c(ccnc2CSc2nc3ccc(OC)cc3[nH]2)O1. The topological polar surface area (TPSA) is 89.6 Å². The fourth-order valence-electron chi connectivity index (χ4n) is 2.82. The van der Waals surface area contributed by atoms with Crippen LogP contribution in [0.3, 0.4) is 0 Å². The monoisotopic (exact) mass is 386 g/mol. The second-order valence-electron chi connectivity index (χ2n) is 5.90. The van der Waals surface area contributed by atoms with Gasteiger partial charge in [-0.2, -0.15) is 5.06 Å². The van der Waals surface area contributed by atoms with Crippen molar-refractivity contribution >= 4 is 28.7 Å². The molecule has 3 aromatic rings. The minimum Gasteiger partial charge on any atom is -0.497 e. The zero-order valence-electron chi connectivity index (χ0n) is 14.9. The number of rotatable bonds is 6. The molecule has 0 spiro atoms. The minimum absolute atomic E-state index is 0.0199. The maximum atomic E-state index is 12.0. The van der Waals surface area contributed by atoms with Gasteiger partial charge in [0, 0.05) is 36.8 Å². The van der Waals surface area contributed by atoms with Crippen LogP contribution in [0.15, 0.2) is 35.6 Å². The molecule has 0 bridgehead atoms. The number of aromatic nitrogens is 3. The third kappa shape index (κ3) is 3.56. The van der Waals surface area contributed by atoms with Gasteiger partial charge in [0.1, 0.15) is 12.4 Å². The lowest BCUT2D eigenvalue weighted by atomic mass is 10.2. The van der Waals surface area contributed by atoms with Crippen molar-refractivity contribution in [1.82, 2.24) is 20.0 Å².